The Kier molecular flexibility index (Phi) is 5.76. The highest BCUT2D eigenvalue weighted by Crippen LogP contribution is 2.25. The van der Waals surface area contributed by atoms with E-state index in [1.54, 1.807) is 7.11 Å². The van der Waals surface area contributed by atoms with E-state index in [0.29, 0.717) is 12.3 Å². The summed E-state index contributed by atoms with van der Waals surface area (Å²) in [6.45, 7) is -0.184. The maximum atomic E-state index is 11.8. The predicted octanol–water partition coefficient (Wildman–Crippen LogP) is 2.23. The number of ether oxygens (including phenoxy) is 1. The van der Waals surface area contributed by atoms with E-state index >= 15 is 0 Å². The summed E-state index contributed by atoms with van der Waals surface area (Å²) in [5, 5.41) is 4.99. The van der Waals surface area contributed by atoms with Gasteiger partial charge in [-0.2, -0.15) is 0 Å². The molecule has 0 fully saturated rings. The summed E-state index contributed by atoms with van der Waals surface area (Å²) >= 11 is 3.34. The van der Waals surface area contributed by atoms with Crippen molar-refractivity contribution >= 4 is 22.0 Å². The smallest absolute Gasteiger partial charge is 0.315 e. The second-order valence-corrected chi connectivity index (χ2v) is 4.12. The van der Waals surface area contributed by atoms with Crippen LogP contribution < -0.4 is 15.4 Å². The number of hydrogen-bond donors (Lipinski definition) is 2. The van der Waals surface area contributed by atoms with Crippen molar-refractivity contribution < 1.29 is 13.9 Å². The first kappa shape index (κ1) is 13.8. The van der Waals surface area contributed by atoms with Gasteiger partial charge in [-0.25, -0.2) is 9.18 Å². The SMILES string of the molecule is COc1cc(CNC(=O)NCCF)ccc1Br. The van der Waals surface area contributed by atoms with E-state index in [4.69, 9.17) is 4.74 Å². The van der Waals surface area contributed by atoms with Gasteiger partial charge in [-0.05, 0) is 33.6 Å². The molecule has 4 nitrogen and oxygen atoms in total. The molecule has 2 amide bonds. The Balaban J connectivity index is 2.49. The van der Waals surface area contributed by atoms with Crippen LogP contribution in [0.5, 0.6) is 5.75 Å². The maximum absolute atomic E-state index is 11.8. The molecule has 6 heteroatoms. The Morgan fingerprint density at radius 1 is 1.47 bits per heavy atom. The number of amides is 2. The molecule has 0 aromatic heterocycles. The minimum absolute atomic E-state index is 0.0233. The quantitative estimate of drug-likeness (QED) is 0.876. The standard InChI is InChI=1S/C11H14BrFN2O2/c1-17-10-6-8(2-3-9(10)12)7-15-11(16)14-5-4-13/h2-3,6H,4-5,7H2,1H3,(H2,14,15,16). The van der Waals surface area contributed by atoms with Crippen LogP contribution >= 0.6 is 15.9 Å². The fourth-order valence-corrected chi connectivity index (χ4v) is 1.63. The van der Waals surface area contributed by atoms with E-state index in [2.05, 4.69) is 26.6 Å². The average Bonchev–Trinajstić information content (AvgIpc) is 2.35. The molecule has 0 aliphatic heterocycles. The Labute approximate surface area is 108 Å². The first-order valence-electron chi connectivity index (χ1n) is 5.07. The largest absolute Gasteiger partial charge is 0.496 e. The third-order valence-electron chi connectivity index (χ3n) is 2.05. The number of nitrogens with one attached hydrogen (secondary N) is 2. The number of rotatable bonds is 5. The molecule has 0 spiro atoms. The van der Waals surface area contributed by atoms with Gasteiger partial charge in [0.05, 0.1) is 11.6 Å². The van der Waals surface area contributed by atoms with Crippen LogP contribution in [0.1, 0.15) is 5.56 Å². The first-order valence-corrected chi connectivity index (χ1v) is 5.86. The molecule has 94 valence electrons. The molecule has 0 saturated carbocycles. The first-order chi connectivity index (χ1) is 8.17. The fraction of sp³-hybridized carbons (Fsp3) is 0.364. The highest BCUT2D eigenvalue weighted by atomic mass is 79.9. The monoisotopic (exact) mass is 304 g/mol. The number of methoxy groups -OCH3 is 1. The molecule has 0 unspecified atom stereocenters. The Morgan fingerprint density at radius 2 is 2.24 bits per heavy atom. The molecule has 0 aliphatic carbocycles. The molecule has 17 heavy (non-hydrogen) atoms. The van der Waals surface area contributed by atoms with Gasteiger partial charge >= 0.3 is 6.03 Å². The van der Waals surface area contributed by atoms with Crippen molar-refractivity contribution in [2.24, 2.45) is 0 Å². The van der Waals surface area contributed by atoms with E-state index < -0.39 is 6.67 Å². The van der Waals surface area contributed by atoms with Gasteiger partial charge in [0.25, 0.3) is 0 Å². The number of hydrogen-bond acceptors (Lipinski definition) is 2. The molecule has 1 rings (SSSR count). The van der Waals surface area contributed by atoms with Gasteiger partial charge in [0.1, 0.15) is 12.4 Å². The number of halogens is 2. The molecule has 0 atom stereocenters. The lowest BCUT2D eigenvalue weighted by atomic mass is 10.2. The molecule has 0 saturated heterocycles. The molecular formula is C11H14BrFN2O2. The second-order valence-electron chi connectivity index (χ2n) is 3.27. The number of urea groups is 1. The van der Waals surface area contributed by atoms with Crippen molar-refractivity contribution in [1.29, 1.82) is 0 Å². The lowest BCUT2D eigenvalue weighted by Crippen LogP contribution is -2.36. The molecular weight excluding hydrogens is 291 g/mol. The summed E-state index contributed by atoms with van der Waals surface area (Å²) in [4.78, 5) is 11.2. The molecule has 1 aromatic rings. The van der Waals surface area contributed by atoms with Crippen LogP contribution in [0.4, 0.5) is 9.18 Å². The van der Waals surface area contributed by atoms with Gasteiger partial charge in [-0.3, -0.25) is 0 Å². The summed E-state index contributed by atoms with van der Waals surface area (Å²) in [5.74, 6) is 0.702. The van der Waals surface area contributed by atoms with Gasteiger partial charge in [-0.15, -0.1) is 0 Å². The van der Waals surface area contributed by atoms with Crippen LogP contribution in [0, 0.1) is 0 Å². The van der Waals surface area contributed by atoms with E-state index in [1.165, 1.54) is 0 Å². The molecule has 0 heterocycles. The highest BCUT2D eigenvalue weighted by Gasteiger charge is 2.03. The van der Waals surface area contributed by atoms with Crippen LogP contribution in [0.2, 0.25) is 0 Å². The Hall–Kier alpha value is -1.30. The van der Waals surface area contributed by atoms with Crippen LogP contribution in [0.3, 0.4) is 0 Å². The van der Waals surface area contributed by atoms with Crippen molar-refractivity contribution in [2.75, 3.05) is 20.3 Å². The summed E-state index contributed by atoms with van der Waals surface area (Å²) in [6, 6.07) is 5.14. The van der Waals surface area contributed by atoms with Crippen LogP contribution in [-0.2, 0) is 6.54 Å². The van der Waals surface area contributed by atoms with Gasteiger partial charge in [0.15, 0.2) is 0 Å². The Bertz CT molecular complexity index is 388. The maximum Gasteiger partial charge on any atom is 0.315 e. The molecule has 0 bridgehead atoms. The van der Waals surface area contributed by atoms with Crippen molar-refractivity contribution in [2.45, 2.75) is 6.54 Å². The van der Waals surface area contributed by atoms with E-state index in [1.807, 2.05) is 18.2 Å². The summed E-state index contributed by atoms with van der Waals surface area (Å²) in [6.07, 6.45) is 0. The molecule has 0 radical (unpaired) electrons. The zero-order chi connectivity index (χ0) is 12.7. The number of carbonyl (C=O) groups excluding carboxylic acids is 1. The van der Waals surface area contributed by atoms with E-state index in [9.17, 15) is 9.18 Å². The van der Waals surface area contributed by atoms with Crippen molar-refractivity contribution in [1.82, 2.24) is 10.6 Å². The number of alkyl halides is 1. The normalized spacial score (nSPS) is 9.82. The zero-order valence-electron chi connectivity index (χ0n) is 9.43. The molecule has 1 aromatic carbocycles. The minimum Gasteiger partial charge on any atom is -0.496 e. The third kappa shape index (κ3) is 4.60. The summed E-state index contributed by atoms with van der Waals surface area (Å²) in [7, 11) is 1.57. The van der Waals surface area contributed by atoms with Gasteiger partial charge in [0.2, 0.25) is 0 Å². The van der Waals surface area contributed by atoms with Crippen molar-refractivity contribution in [3.05, 3.63) is 28.2 Å². The van der Waals surface area contributed by atoms with Gasteiger partial charge in [0, 0.05) is 13.1 Å². The Morgan fingerprint density at radius 3 is 2.88 bits per heavy atom. The molecule has 0 aliphatic rings. The minimum atomic E-state index is -0.570. The zero-order valence-corrected chi connectivity index (χ0v) is 11.0. The summed E-state index contributed by atoms with van der Waals surface area (Å²) in [5.41, 5.74) is 0.903. The lowest BCUT2D eigenvalue weighted by Gasteiger charge is -2.08. The second kappa shape index (κ2) is 7.11. The van der Waals surface area contributed by atoms with Crippen LogP contribution in [-0.4, -0.2) is 26.4 Å². The molecule has 2 N–H and O–H groups in total. The number of benzene rings is 1. The van der Waals surface area contributed by atoms with Crippen molar-refractivity contribution in [3.8, 4) is 5.75 Å². The third-order valence-corrected chi connectivity index (χ3v) is 2.70. The average molecular weight is 305 g/mol. The van der Waals surface area contributed by atoms with Crippen LogP contribution in [0.15, 0.2) is 22.7 Å². The summed E-state index contributed by atoms with van der Waals surface area (Å²) < 4.78 is 17.8. The van der Waals surface area contributed by atoms with Crippen molar-refractivity contribution in [3.63, 3.8) is 0 Å². The predicted molar refractivity (Wildman–Crippen MR) is 66.9 cm³/mol. The number of carbonyl (C=O) groups is 1. The topological polar surface area (TPSA) is 50.4 Å². The van der Waals surface area contributed by atoms with E-state index in [-0.39, 0.29) is 12.6 Å². The van der Waals surface area contributed by atoms with Gasteiger partial charge < -0.3 is 15.4 Å². The van der Waals surface area contributed by atoms with Gasteiger partial charge in [-0.1, -0.05) is 6.07 Å². The van der Waals surface area contributed by atoms with E-state index in [0.717, 1.165) is 10.0 Å². The lowest BCUT2D eigenvalue weighted by molar-refractivity contribution is 0.239. The van der Waals surface area contributed by atoms with Crippen LogP contribution in [0.25, 0.3) is 0 Å². The fourth-order valence-electron chi connectivity index (χ4n) is 1.22. The highest BCUT2D eigenvalue weighted by molar-refractivity contribution is 9.10.